The van der Waals surface area contributed by atoms with Crippen LogP contribution in [0, 0.1) is 5.92 Å². The molecule has 2 aromatic carbocycles. The average Bonchev–Trinajstić information content (AvgIpc) is 2.62. The fraction of sp³-hybridized carbons (Fsp3) is 0.263. The molecule has 0 spiro atoms. The van der Waals surface area contributed by atoms with Crippen LogP contribution in [0.15, 0.2) is 54.6 Å². The van der Waals surface area contributed by atoms with Crippen LogP contribution in [0.2, 0.25) is 0 Å². The van der Waals surface area contributed by atoms with Crippen LogP contribution >= 0.6 is 0 Å². The number of nitrogens with zero attached hydrogens (tertiary/aromatic N) is 1. The van der Waals surface area contributed by atoms with Crippen LogP contribution in [0.5, 0.6) is 5.75 Å². The lowest BCUT2D eigenvalue weighted by molar-refractivity contribution is -0.154. The predicted octanol–water partition coefficient (Wildman–Crippen LogP) is 2.44. The Morgan fingerprint density at radius 2 is 1.71 bits per heavy atom. The summed E-state index contributed by atoms with van der Waals surface area (Å²) in [6.07, 6.45) is 0.596. The van der Waals surface area contributed by atoms with Crippen molar-refractivity contribution in [3.05, 3.63) is 60.2 Å². The topological polar surface area (TPSA) is 55.8 Å². The lowest BCUT2D eigenvalue weighted by Crippen LogP contribution is -2.65. The molecular formula is C19H19NO4. The van der Waals surface area contributed by atoms with Gasteiger partial charge in [-0.1, -0.05) is 30.3 Å². The molecular weight excluding hydrogens is 306 g/mol. The number of carbonyl (C=O) groups is 2. The molecule has 0 radical (unpaired) electrons. The molecule has 1 aliphatic rings. The first-order valence-electron chi connectivity index (χ1n) is 7.74. The van der Waals surface area contributed by atoms with Crippen molar-refractivity contribution in [1.29, 1.82) is 0 Å². The van der Waals surface area contributed by atoms with E-state index in [-0.39, 0.29) is 11.9 Å². The summed E-state index contributed by atoms with van der Waals surface area (Å²) in [5, 5.41) is 0. The van der Waals surface area contributed by atoms with Crippen LogP contribution in [-0.2, 0) is 20.7 Å². The first-order chi connectivity index (χ1) is 11.7. The van der Waals surface area contributed by atoms with Gasteiger partial charge >= 0.3 is 5.97 Å². The number of benzene rings is 2. The molecule has 0 N–H and O–H groups in total. The molecule has 2 aromatic rings. The Balaban J connectivity index is 1.88. The molecule has 1 saturated heterocycles. The molecule has 0 aliphatic carbocycles. The third-order valence-corrected chi connectivity index (χ3v) is 4.31. The molecule has 3 rings (SSSR count). The van der Waals surface area contributed by atoms with E-state index in [0.29, 0.717) is 6.42 Å². The van der Waals surface area contributed by atoms with Crippen molar-refractivity contribution in [2.24, 2.45) is 5.92 Å². The number of ether oxygens (including phenoxy) is 2. The molecule has 0 bridgehead atoms. The highest BCUT2D eigenvalue weighted by Gasteiger charge is 2.52. The van der Waals surface area contributed by atoms with Crippen molar-refractivity contribution in [3.8, 4) is 5.75 Å². The number of anilines is 1. The zero-order valence-electron chi connectivity index (χ0n) is 13.6. The maximum absolute atomic E-state index is 12.5. The average molecular weight is 325 g/mol. The van der Waals surface area contributed by atoms with Gasteiger partial charge in [-0.05, 0) is 36.2 Å². The maximum Gasteiger partial charge on any atom is 0.320 e. The van der Waals surface area contributed by atoms with Gasteiger partial charge in [0.2, 0.25) is 5.91 Å². The number of β-lactam (4-membered cyclic amide) rings is 1. The second-order valence-electron chi connectivity index (χ2n) is 5.66. The first kappa shape index (κ1) is 16.1. The molecule has 1 aliphatic heterocycles. The van der Waals surface area contributed by atoms with Crippen LogP contribution in [-0.4, -0.2) is 32.1 Å². The minimum absolute atomic E-state index is 0.229. The van der Waals surface area contributed by atoms with E-state index >= 15 is 0 Å². The Kier molecular flexibility index (Phi) is 4.51. The van der Waals surface area contributed by atoms with Crippen LogP contribution in [0.25, 0.3) is 0 Å². The summed E-state index contributed by atoms with van der Waals surface area (Å²) in [7, 11) is 2.90. The van der Waals surface area contributed by atoms with Crippen molar-refractivity contribution >= 4 is 17.6 Å². The van der Waals surface area contributed by atoms with Crippen molar-refractivity contribution < 1.29 is 19.1 Å². The van der Waals surface area contributed by atoms with E-state index < -0.39 is 11.9 Å². The van der Waals surface area contributed by atoms with Gasteiger partial charge in [-0.15, -0.1) is 0 Å². The number of hydrogen-bond donors (Lipinski definition) is 0. The molecule has 2 atom stereocenters. The second-order valence-corrected chi connectivity index (χ2v) is 5.66. The van der Waals surface area contributed by atoms with Gasteiger partial charge in [-0.3, -0.25) is 9.59 Å². The Morgan fingerprint density at radius 3 is 2.29 bits per heavy atom. The Morgan fingerprint density at radius 1 is 1.04 bits per heavy atom. The van der Waals surface area contributed by atoms with Gasteiger partial charge in [0.25, 0.3) is 0 Å². The third kappa shape index (κ3) is 2.85. The van der Waals surface area contributed by atoms with E-state index in [2.05, 4.69) is 0 Å². The van der Waals surface area contributed by atoms with Gasteiger partial charge in [-0.25, -0.2) is 0 Å². The molecule has 1 amide bonds. The lowest BCUT2D eigenvalue weighted by Gasteiger charge is -2.45. The fourth-order valence-electron chi connectivity index (χ4n) is 3.06. The van der Waals surface area contributed by atoms with E-state index in [1.54, 1.807) is 24.1 Å². The Labute approximate surface area is 140 Å². The van der Waals surface area contributed by atoms with Gasteiger partial charge in [0, 0.05) is 5.69 Å². The minimum atomic E-state index is -0.752. The second kappa shape index (κ2) is 6.74. The SMILES string of the molecule is COC(=O)[C@H]1C(=O)N(c2ccc(OC)cc2)[C@@H]1Cc1ccccc1. The van der Waals surface area contributed by atoms with Gasteiger partial charge < -0.3 is 14.4 Å². The van der Waals surface area contributed by atoms with Crippen molar-refractivity contribution in [2.75, 3.05) is 19.1 Å². The normalized spacial score (nSPS) is 19.6. The molecule has 5 nitrogen and oxygen atoms in total. The molecule has 124 valence electrons. The summed E-state index contributed by atoms with van der Waals surface area (Å²) < 4.78 is 9.96. The molecule has 0 saturated carbocycles. The summed E-state index contributed by atoms with van der Waals surface area (Å²) >= 11 is 0. The highest BCUT2D eigenvalue weighted by atomic mass is 16.5. The van der Waals surface area contributed by atoms with E-state index in [9.17, 15) is 9.59 Å². The van der Waals surface area contributed by atoms with Crippen molar-refractivity contribution in [2.45, 2.75) is 12.5 Å². The van der Waals surface area contributed by atoms with Crippen molar-refractivity contribution in [3.63, 3.8) is 0 Å². The van der Waals surface area contributed by atoms with Crippen LogP contribution < -0.4 is 9.64 Å². The summed E-state index contributed by atoms with van der Waals surface area (Å²) in [6, 6.07) is 16.8. The fourth-order valence-corrected chi connectivity index (χ4v) is 3.06. The molecule has 24 heavy (non-hydrogen) atoms. The van der Waals surface area contributed by atoms with E-state index in [0.717, 1.165) is 17.0 Å². The first-order valence-corrected chi connectivity index (χ1v) is 7.74. The molecule has 1 heterocycles. The van der Waals surface area contributed by atoms with Gasteiger partial charge in [-0.2, -0.15) is 0 Å². The largest absolute Gasteiger partial charge is 0.497 e. The highest BCUT2D eigenvalue weighted by molar-refractivity contribution is 6.13. The summed E-state index contributed by atoms with van der Waals surface area (Å²) in [4.78, 5) is 26.2. The molecule has 0 aromatic heterocycles. The smallest absolute Gasteiger partial charge is 0.320 e. The number of esters is 1. The monoisotopic (exact) mass is 325 g/mol. The van der Waals surface area contributed by atoms with Crippen LogP contribution in [0.1, 0.15) is 5.56 Å². The van der Waals surface area contributed by atoms with Gasteiger partial charge in [0.05, 0.1) is 20.3 Å². The number of amides is 1. The van der Waals surface area contributed by atoms with E-state index in [1.165, 1.54) is 7.11 Å². The summed E-state index contributed by atoms with van der Waals surface area (Å²) in [6.45, 7) is 0. The lowest BCUT2D eigenvalue weighted by atomic mass is 9.82. The quantitative estimate of drug-likeness (QED) is 0.481. The van der Waals surface area contributed by atoms with E-state index in [1.807, 2.05) is 42.5 Å². The predicted molar refractivity (Wildman–Crippen MR) is 89.9 cm³/mol. The molecule has 0 unspecified atom stereocenters. The third-order valence-electron chi connectivity index (χ3n) is 4.31. The van der Waals surface area contributed by atoms with E-state index in [4.69, 9.17) is 9.47 Å². The summed E-state index contributed by atoms with van der Waals surface area (Å²) in [5.74, 6) is -0.744. The Bertz CT molecular complexity index is 727. The van der Waals surface area contributed by atoms with Gasteiger partial charge in [0.15, 0.2) is 5.92 Å². The molecule has 5 heteroatoms. The Hall–Kier alpha value is -2.82. The maximum atomic E-state index is 12.5. The zero-order valence-corrected chi connectivity index (χ0v) is 13.6. The number of methoxy groups -OCH3 is 2. The number of rotatable bonds is 5. The summed E-state index contributed by atoms with van der Waals surface area (Å²) in [5.41, 5.74) is 1.82. The number of carbonyl (C=O) groups excluding carboxylic acids is 2. The zero-order chi connectivity index (χ0) is 17.1. The number of hydrogen-bond acceptors (Lipinski definition) is 4. The standard InChI is InChI=1S/C19H19NO4/c1-23-15-10-8-14(9-11-15)20-16(12-13-6-4-3-5-7-13)17(18(20)21)19(22)24-2/h3-11,16-17H,12H2,1-2H3/t16-,17-/m1/s1. The molecule has 1 fully saturated rings. The highest BCUT2D eigenvalue weighted by Crippen LogP contribution is 2.36. The van der Waals surface area contributed by atoms with Gasteiger partial charge in [0.1, 0.15) is 5.75 Å². The minimum Gasteiger partial charge on any atom is -0.497 e. The van der Waals surface area contributed by atoms with Crippen molar-refractivity contribution in [1.82, 2.24) is 0 Å². The van der Waals surface area contributed by atoms with Crippen LogP contribution in [0.3, 0.4) is 0 Å². The van der Waals surface area contributed by atoms with Crippen LogP contribution in [0.4, 0.5) is 5.69 Å².